The van der Waals surface area contributed by atoms with Crippen LogP contribution in [0.1, 0.15) is 0 Å². The first kappa shape index (κ1) is 15.7. The number of hydrogen-bond acceptors (Lipinski definition) is 7. The van der Waals surface area contributed by atoms with Gasteiger partial charge < -0.3 is 4.74 Å². The monoisotopic (exact) mass is 349 g/mol. The van der Waals surface area contributed by atoms with E-state index >= 15 is 0 Å². The summed E-state index contributed by atoms with van der Waals surface area (Å²) in [5, 5.41) is 21.3. The summed E-state index contributed by atoms with van der Waals surface area (Å²) in [6, 6.07) is 8.02. The molecule has 2 aromatic carbocycles. The summed E-state index contributed by atoms with van der Waals surface area (Å²) in [5.74, 6) is 0.185. The van der Waals surface area contributed by atoms with Gasteiger partial charge in [0.15, 0.2) is 4.90 Å². The molecule has 0 saturated carbocycles. The molecule has 1 heterocycles. The first-order valence-corrected chi connectivity index (χ1v) is 8.05. The number of aromatic nitrogens is 3. The van der Waals surface area contributed by atoms with E-state index in [2.05, 4.69) is 20.1 Å². The van der Waals surface area contributed by atoms with Crippen molar-refractivity contribution in [3.05, 3.63) is 46.5 Å². The predicted octanol–water partition coefficient (Wildman–Crippen LogP) is 1.68. The van der Waals surface area contributed by atoms with Gasteiger partial charge in [0.2, 0.25) is 0 Å². The van der Waals surface area contributed by atoms with Gasteiger partial charge in [-0.3, -0.25) is 14.8 Å². The van der Waals surface area contributed by atoms with E-state index in [9.17, 15) is 18.5 Å². The van der Waals surface area contributed by atoms with Crippen LogP contribution in [-0.4, -0.2) is 35.9 Å². The molecule has 11 heteroatoms. The lowest BCUT2D eigenvalue weighted by Crippen LogP contribution is -2.14. The van der Waals surface area contributed by atoms with Gasteiger partial charge in [0.05, 0.1) is 23.8 Å². The number of nitro benzene ring substituents is 1. The fraction of sp³-hybridized carbons (Fsp3) is 0.0769. The summed E-state index contributed by atoms with van der Waals surface area (Å²) in [6.45, 7) is 0. The van der Waals surface area contributed by atoms with Crippen LogP contribution in [0.3, 0.4) is 0 Å². The number of benzene rings is 2. The summed E-state index contributed by atoms with van der Waals surface area (Å²) in [7, 11) is -2.84. The Balaban J connectivity index is 2.02. The zero-order valence-corrected chi connectivity index (χ0v) is 13.1. The summed E-state index contributed by atoms with van der Waals surface area (Å²) in [4.78, 5) is 9.92. The Bertz CT molecular complexity index is 1030. The minimum Gasteiger partial charge on any atom is -0.497 e. The lowest BCUT2D eigenvalue weighted by molar-refractivity contribution is -0.387. The number of nitrogens with one attached hydrogen (secondary N) is 2. The van der Waals surface area contributed by atoms with Gasteiger partial charge in [-0.2, -0.15) is 15.4 Å². The Morgan fingerprint density at radius 1 is 1.17 bits per heavy atom. The second kappa shape index (κ2) is 5.77. The van der Waals surface area contributed by atoms with E-state index in [-0.39, 0.29) is 11.4 Å². The molecule has 0 amide bonds. The molecule has 0 aliphatic heterocycles. The minimum atomic E-state index is -4.17. The van der Waals surface area contributed by atoms with Crippen molar-refractivity contribution in [3.63, 3.8) is 0 Å². The fourth-order valence-corrected chi connectivity index (χ4v) is 3.31. The van der Waals surface area contributed by atoms with Gasteiger partial charge in [0, 0.05) is 0 Å². The molecule has 3 rings (SSSR count). The predicted molar refractivity (Wildman–Crippen MR) is 84.3 cm³/mol. The Kier molecular flexibility index (Phi) is 3.77. The molecule has 0 aliphatic carbocycles. The number of ether oxygens (including phenoxy) is 1. The maximum absolute atomic E-state index is 12.5. The first-order valence-electron chi connectivity index (χ1n) is 6.56. The molecule has 0 aliphatic rings. The third kappa shape index (κ3) is 2.84. The van der Waals surface area contributed by atoms with Crippen LogP contribution in [0.15, 0.2) is 41.3 Å². The number of sulfonamides is 1. The highest BCUT2D eigenvalue weighted by molar-refractivity contribution is 7.92. The quantitative estimate of drug-likeness (QED) is 0.527. The van der Waals surface area contributed by atoms with Crippen molar-refractivity contribution in [2.45, 2.75) is 4.90 Å². The van der Waals surface area contributed by atoms with Gasteiger partial charge in [0.25, 0.3) is 15.7 Å². The number of methoxy groups -OCH3 is 1. The number of anilines is 1. The SMILES string of the molecule is COc1ccc(S(=O)(=O)Nc2ccc3n[nH]nc3c2)c([N+](=O)[O-])c1. The highest BCUT2D eigenvalue weighted by Gasteiger charge is 2.26. The number of aromatic amines is 1. The molecule has 2 N–H and O–H groups in total. The second-order valence-corrected chi connectivity index (χ2v) is 6.37. The van der Waals surface area contributed by atoms with E-state index in [0.717, 1.165) is 12.1 Å². The van der Waals surface area contributed by atoms with Gasteiger partial charge in [-0.05, 0) is 30.3 Å². The van der Waals surface area contributed by atoms with Crippen molar-refractivity contribution in [1.82, 2.24) is 15.4 Å². The molecule has 0 unspecified atom stereocenters. The molecule has 1 aromatic heterocycles. The molecule has 10 nitrogen and oxygen atoms in total. The highest BCUT2D eigenvalue weighted by atomic mass is 32.2. The summed E-state index contributed by atoms with van der Waals surface area (Å²) in [6.07, 6.45) is 0. The molecule has 24 heavy (non-hydrogen) atoms. The number of nitrogens with zero attached hydrogens (tertiary/aromatic N) is 3. The molecule has 0 spiro atoms. The number of fused-ring (bicyclic) bond motifs is 1. The smallest absolute Gasteiger partial charge is 0.293 e. The minimum absolute atomic E-state index is 0.185. The van der Waals surface area contributed by atoms with Crippen LogP contribution in [0.5, 0.6) is 5.75 Å². The van der Waals surface area contributed by atoms with E-state index in [1.807, 2.05) is 0 Å². The van der Waals surface area contributed by atoms with Crippen LogP contribution in [0, 0.1) is 10.1 Å². The second-order valence-electron chi connectivity index (χ2n) is 4.72. The summed E-state index contributed by atoms with van der Waals surface area (Å²) < 4.78 is 32.2. The lowest BCUT2D eigenvalue weighted by atomic mass is 10.3. The largest absolute Gasteiger partial charge is 0.497 e. The van der Waals surface area contributed by atoms with Gasteiger partial charge in [-0.1, -0.05) is 0 Å². The van der Waals surface area contributed by atoms with Crippen LogP contribution in [0.2, 0.25) is 0 Å². The van der Waals surface area contributed by atoms with E-state index in [0.29, 0.717) is 11.0 Å². The van der Waals surface area contributed by atoms with Crippen LogP contribution in [0.4, 0.5) is 11.4 Å². The molecular formula is C13H11N5O5S. The topological polar surface area (TPSA) is 140 Å². The fourth-order valence-electron chi connectivity index (χ4n) is 2.11. The van der Waals surface area contributed by atoms with Crippen molar-refractivity contribution in [2.75, 3.05) is 11.8 Å². The van der Waals surface area contributed by atoms with E-state index in [1.165, 1.54) is 25.3 Å². The number of nitro groups is 1. The average molecular weight is 349 g/mol. The standard InChI is InChI=1S/C13H11N5O5S/c1-23-9-3-5-13(12(7-9)18(19)20)24(21,22)16-8-2-4-10-11(6-8)15-17-14-10/h2-7,16H,1H3,(H,14,15,17). The van der Waals surface area contributed by atoms with Gasteiger partial charge in [-0.25, -0.2) is 8.42 Å². The van der Waals surface area contributed by atoms with E-state index < -0.39 is 25.5 Å². The molecule has 124 valence electrons. The van der Waals surface area contributed by atoms with Gasteiger partial charge >= 0.3 is 0 Å². The molecular weight excluding hydrogens is 338 g/mol. The zero-order valence-electron chi connectivity index (χ0n) is 12.3. The summed E-state index contributed by atoms with van der Waals surface area (Å²) >= 11 is 0. The molecule has 0 radical (unpaired) electrons. The molecule has 0 bridgehead atoms. The number of rotatable bonds is 5. The Hall–Kier alpha value is -3.21. The third-order valence-corrected chi connectivity index (χ3v) is 4.65. The highest BCUT2D eigenvalue weighted by Crippen LogP contribution is 2.30. The van der Waals surface area contributed by atoms with Gasteiger partial charge in [-0.15, -0.1) is 0 Å². The average Bonchev–Trinajstić information content (AvgIpc) is 3.01. The maximum atomic E-state index is 12.5. The van der Waals surface area contributed by atoms with Crippen LogP contribution in [-0.2, 0) is 10.0 Å². The number of H-pyrrole nitrogens is 1. The van der Waals surface area contributed by atoms with Crippen molar-refractivity contribution in [1.29, 1.82) is 0 Å². The summed E-state index contributed by atoms with van der Waals surface area (Å²) in [5.41, 5.74) is 0.652. The lowest BCUT2D eigenvalue weighted by Gasteiger charge is -2.09. The van der Waals surface area contributed by atoms with Crippen molar-refractivity contribution >= 4 is 32.4 Å². The maximum Gasteiger partial charge on any atom is 0.293 e. The zero-order chi connectivity index (χ0) is 17.3. The molecule has 0 atom stereocenters. The Morgan fingerprint density at radius 3 is 2.62 bits per heavy atom. The number of hydrogen-bond donors (Lipinski definition) is 2. The van der Waals surface area contributed by atoms with Crippen molar-refractivity contribution in [3.8, 4) is 5.75 Å². The van der Waals surface area contributed by atoms with Gasteiger partial charge in [0.1, 0.15) is 16.8 Å². The van der Waals surface area contributed by atoms with E-state index in [1.54, 1.807) is 6.07 Å². The normalized spacial score (nSPS) is 11.4. The van der Waals surface area contributed by atoms with E-state index in [4.69, 9.17) is 4.74 Å². The third-order valence-electron chi connectivity index (χ3n) is 3.22. The Morgan fingerprint density at radius 2 is 1.92 bits per heavy atom. The molecule has 0 saturated heterocycles. The van der Waals surface area contributed by atoms with Crippen molar-refractivity contribution < 1.29 is 18.1 Å². The Labute approximate surface area is 135 Å². The van der Waals surface area contributed by atoms with Crippen LogP contribution >= 0.6 is 0 Å². The first-order chi connectivity index (χ1) is 11.4. The van der Waals surface area contributed by atoms with Crippen molar-refractivity contribution in [2.24, 2.45) is 0 Å². The molecule has 0 fully saturated rings. The van der Waals surface area contributed by atoms with Crippen LogP contribution in [0.25, 0.3) is 11.0 Å². The molecule has 3 aromatic rings. The van der Waals surface area contributed by atoms with Crippen LogP contribution < -0.4 is 9.46 Å².